The Morgan fingerprint density at radius 3 is 2.95 bits per heavy atom. The molecule has 1 N–H and O–H groups in total. The van der Waals surface area contributed by atoms with Crippen molar-refractivity contribution in [2.24, 2.45) is 0 Å². The van der Waals surface area contributed by atoms with E-state index in [9.17, 15) is 4.79 Å². The highest BCUT2D eigenvalue weighted by Crippen LogP contribution is 2.25. The van der Waals surface area contributed by atoms with Gasteiger partial charge in [-0.15, -0.1) is 5.10 Å². The number of halogens is 1. The zero-order chi connectivity index (χ0) is 14.7. The van der Waals surface area contributed by atoms with Gasteiger partial charge in [0.2, 0.25) is 0 Å². The molecule has 0 saturated carbocycles. The lowest BCUT2D eigenvalue weighted by atomic mass is 10.1. The average Bonchev–Trinajstić information content (AvgIpc) is 3.17. The molecule has 2 heterocycles. The molecule has 1 saturated heterocycles. The van der Waals surface area contributed by atoms with Crippen LogP contribution in [0.4, 0.5) is 0 Å². The number of nitrogens with zero attached hydrogens (tertiary/aromatic N) is 2. The first-order valence-electron chi connectivity index (χ1n) is 6.72. The maximum atomic E-state index is 12.3. The molecule has 0 bridgehead atoms. The summed E-state index contributed by atoms with van der Waals surface area (Å²) in [7, 11) is 0. The zero-order valence-electron chi connectivity index (χ0n) is 11.2. The molecule has 3 rings (SSSR count). The summed E-state index contributed by atoms with van der Waals surface area (Å²) in [6.07, 6.45) is 2.19. The molecule has 0 aliphatic carbocycles. The van der Waals surface area contributed by atoms with Crippen molar-refractivity contribution >= 4 is 33.4 Å². The Labute approximate surface area is 135 Å². The fraction of sp³-hybridized carbons (Fsp3) is 0.357. The van der Waals surface area contributed by atoms with Crippen LogP contribution in [-0.2, 0) is 4.74 Å². The van der Waals surface area contributed by atoms with E-state index < -0.39 is 0 Å². The fourth-order valence-electron chi connectivity index (χ4n) is 2.23. The van der Waals surface area contributed by atoms with Gasteiger partial charge in [0.25, 0.3) is 5.91 Å². The van der Waals surface area contributed by atoms with Crippen molar-refractivity contribution in [2.75, 3.05) is 13.2 Å². The molecule has 0 spiro atoms. The topological polar surface area (TPSA) is 64.1 Å². The first-order valence-corrected chi connectivity index (χ1v) is 8.29. The van der Waals surface area contributed by atoms with Gasteiger partial charge in [-0.3, -0.25) is 4.79 Å². The van der Waals surface area contributed by atoms with Crippen molar-refractivity contribution in [3.8, 4) is 11.3 Å². The second-order valence-corrected chi connectivity index (χ2v) is 6.47. The number of ether oxygens (including phenoxy) is 1. The second-order valence-electron chi connectivity index (χ2n) is 4.80. The lowest BCUT2D eigenvalue weighted by Gasteiger charge is -2.10. The van der Waals surface area contributed by atoms with Gasteiger partial charge in [0, 0.05) is 23.2 Å². The van der Waals surface area contributed by atoms with Gasteiger partial charge >= 0.3 is 0 Å². The highest BCUT2D eigenvalue weighted by Gasteiger charge is 2.20. The lowest BCUT2D eigenvalue weighted by molar-refractivity contribution is 0.0861. The van der Waals surface area contributed by atoms with Gasteiger partial charge in [0.05, 0.1) is 6.10 Å². The van der Waals surface area contributed by atoms with Crippen molar-refractivity contribution in [1.82, 2.24) is 14.9 Å². The molecule has 5 nitrogen and oxygen atoms in total. The van der Waals surface area contributed by atoms with Gasteiger partial charge in [0.15, 0.2) is 0 Å². The molecule has 110 valence electrons. The molecule has 1 atom stereocenters. The largest absolute Gasteiger partial charge is 0.376 e. The van der Waals surface area contributed by atoms with Crippen LogP contribution in [0.15, 0.2) is 28.7 Å². The summed E-state index contributed by atoms with van der Waals surface area (Å²) in [5, 5.41) is 6.98. The molecular formula is C14H14BrN3O2S. The third kappa shape index (κ3) is 3.48. The van der Waals surface area contributed by atoms with Gasteiger partial charge in [-0.2, -0.15) is 0 Å². The third-order valence-corrected chi connectivity index (χ3v) is 4.58. The van der Waals surface area contributed by atoms with Crippen LogP contribution >= 0.6 is 27.5 Å². The molecule has 21 heavy (non-hydrogen) atoms. The van der Waals surface area contributed by atoms with Crippen LogP contribution in [0.2, 0.25) is 0 Å². The van der Waals surface area contributed by atoms with Crippen molar-refractivity contribution in [3.05, 3.63) is 33.6 Å². The normalized spacial score (nSPS) is 17.9. The number of hydrogen-bond acceptors (Lipinski definition) is 5. The Hall–Kier alpha value is -1.31. The van der Waals surface area contributed by atoms with Crippen LogP contribution in [-0.4, -0.2) is 34.7 Å². The van der Waals surface area contributed by atoms with Gasteiger partial charge < -0.3 is 10.1 Å². The SMILES string of the molecule is O=C(NC[C@H]1CCCO1)c1snnc1-c1ccc(Br)cc1. The molecule has 0 radical (unpaired) electrons. The van der Waals surface area contributed by atoms with Gasteiger partial charge in [0.1, 0.15) is 10.6 Å². The van der Waals surface area contributed by atoms with E-state index in [1.165, 1.54) is 0 Å². The Balaban J connectivity index is 1.72. The maximum absolute atomic E-state index is 12.3. The number of aromatic nitrogens is 2. The highest BCUT2D eigenvalue weighted by atomic mass is 79.9. The number of rotatable bonds is 4. The predicted molar refractivity (Wildman–Crippen MR) is 84.4 cm³/mol. The first kappa shape index (κ1) is 14.6. The van der Waals surface area contributed by atoms with E-state index in [0.717, 1.165) is 41.0 Å². The minimum absolute atomic E-state index is 0.131. The van der Waals surface area contributed by atoms with E-state index in [2.05, 4.69) is 30.8 Å². The van der Waals surface area contributed by atoms with Crippen LogP contribution in [0.5, 0.6) is 0 Å². The molecule has 1 aliphatic heterocycles. The smallest absolute Gasteiger partial charge is 0.265 e. The van der Waals surface area contributed by atoms with E-state index >= 15 is 0 Å². The van der Waals surface area contributed by atoms with Gasteiger partial charge in [-0.05, 0) is 36.5 Å². The molecule has 1 aliphatic rings. The number of nitrogens with one attached hydrogen (secondary N) is 1. The Morgan fingerprint density at radius 1 is 1.43 bits per heavy atom. The lowest BCUT2D eigenvalue weighted by Crippen LogP contribution is -2.31. The van der Waals surface area contributed by atoms with E-state index in [0.29, 0.717) is 17.1 Å². The van der Waals surface area contributed by atoms with Crippen LogP contribution in [0.25, 0.3) is 11.3 Å². The quantitative estimate of drug-likeness (QED) is 0.902. The summed E-state index contributed by atoms with van der Waals surface area (Å²) in [5.74, 6) is -0.140. The first-order chi connectivity index (χ1) is 10.2. The third-order valence-electron chi connectivity index (χ3n) is 3.33. The predicted octanol–water partition coefficient (Wildman–Crippen LogP) is 2.88. The molecule has 1 aromatic carbocycles. The van der Waals surface area contributed by atoms with E-state index in [4.69, 9.17) is 4.74 Å². The van der Waals surface area contributed by atoms with Crippen molar-refractivity contribution in [3.63, 3.8) is 0 Å². The summed E-state index contributed by atoms with van der Waals surface area (Å²) in [6.45, 7) is 1.32. The molecule has 1 amide bonds. The molecule has 1 fully saturated rings. The van der Waals surface area contributed by atoms with Crippen molar-refractivity contribution < 1.29 is 9.53 Å². The minimum Gasteiger partial charge on any atom is -0.376 e. The van der Waals surface area contributed by atoms with Crippen LogP contribution in [0.3, 0.4) is 0 Å². The van der Waals surface area contributed by atoms with E-state index in [-0.39, 0.29) is 12.0 Å². The Kier molecular flexibility index (Phi) is 4.62. The van der Waals surface area contributed by atoms with Gasteiger partial charge in [-0.25, -0.2) is 0 Å². The number of carbonyl (C=O) groups is 1. The number of benzene rings is 1. The minimum atomic E-state index is -0.140. The van der Waals surface area contributed by atoms with Crippen LogP contribution in [0.1, 0.15) is 22.5 Å². The van der Waals surface area contributed by atoms with Crippen LogP contribution < -0.4 is 5.32 Å². The maximum Gasteiger partial charge on any atom is 0.265 e. The Morgan fingerprint density at radius 2 is 2.24 bits per heavy atom. The summed E-state index contributed by atoms with van der Waals surface area (Å²) >= 11 is 4.51. The van der Waals surface area contributed by atoms with Crippen molar-refractivity contribution in [2.45, 2.75) is 18.9 Å². The highest BCUT2D eigenvalue weighted by molar-refractivity contribution is 9.10. The summed E-state index contributed by atoms with van der Waals surface area (Å²) in [4.78, 5) is 12.8. The molecule has 2 aromatic rings. The van der Waals surface area contributed by atoms with Crippen molar-refractivity contribution in [1.29, 1.82) is 0 Å². The van der Waals surface area contributed by atoms with E-state index in [1.807, 2.05) is 24.3 Å². The Bertz CT molecular complexity index is 623. The summed E-state index contributed by atoms with van der Waals surface area (Å²) in [6, 6.07) is 7.67. The molecule has 0 unspecified atom stereocenters. The molecule has 7 heteroatoms. The summed E-state index contributed by atoms with van der Waals surface area (Å²) in [5.41, 5.74) is 1.51. The summed E-state index contributed by atoms with van der Waals surface area (Å²) < 4.78 is 10.4. The standard InChI is InChI=1S/C14H14BrN3O2S/c15-10-5-3-9(4-6-10)12-13(21-18-17-12)14(19)16-8-11-2-1-7-20-11/h3-6,11H,1-2,7-8H2,(H,16,19)/t11-/m1/s1. The monoisotopic (exact) mass is 367 g/mol. The van der Waals surface area contributed by atoms with Crippen LogP contribution in [0, 0.1) is 0 Å². The van der Waals surface area contributed by atoms with Gasteiger partial charge in [-0.1, -0.05) is 32.6 Å². The van der Waals surface area contributed by atoms with E-state index in [1.54, 1.807) is 0 Å². The number of amides is 1. The fourth-order valence-corrected chi connectivity index (χ4v) is 3.10. The molecular weight excluding hydrogens is 354 g/mol. The number of carbonyl (C=O) groups excluding carboxylic acids is 1. The number of hydrogen-bond donors (Lipinski definition) is 1. The second kappa shape index (κ2) is 6.64. The zero-order valence-corrected chi connectivity index (χ0v) is 13.6. The average molecular weight is 368 g/mol. The molecule has 1 aromatic heterocycles.